The quantitative estimate of drug-likeness (QED) is 0.805. The van der Waals surface area contributed by atoms with Crippen molar-refractivity contribution in [2.75, 3.05) is 12.3 Å². The fraction of sp³-hybridized carbons (Fsp3) is 0.364. The Morgan fingerprint density at radius 3 is 2.50 bits per heavy atom. The lowest BCUT2D eigenvalue weighted by molar-refractivity contribution is 0.100. The summed E-state index contributed by atoms with van der Waals surface area (Å²) in [5.74, 6) is -0.739. The topological polar surface area (TPSA) is 103 Å². The summed E-state index contributed by atoms with van der Waals surface area (Å²) in [6.07, 6.45) is 0.416. The zero-order valence-corrected chi connectivity index (χ0v) is 11.3. The summed E-state index contributed by atoms with van der Waals surface area (Å²) in [5, 5.41) is 0.225. The second-order valence-corrected chi connectivity index (χ2v) is 6.50. The van der Waals surface area contributed by atoms with Crippen molar-refractivity contribution in [3.8, 4) is 0 Å². The summed E-state index contributed by atoms with van der Waals surface area (Å²) in [5.41, 5.74) is 11.1. The first-order valence-corrected chi connectivity index (χ1v) is 7.54. The van der Waals surface area contributed by atoms with Crippen molar-refractivity contribution in [2.24, 2.45) is 11.5 Å². The standard InChI is InChI=1S/C11H15ClN2O3S/c12-10-6-8(11(14)15)2-3-9(10)7-18(16,17)5-1-4-13/h2-3,6H,1,4-5,7,13H2,(H2,14,15). The molecule has 0 aliphatic carbocycles. The van der Waals surface area contributed by atoms with E-state index in [1.165, 1.54) is 18.2 Å². The van der Waals surface area contributed by atoms with Gasteiger partial charge in [-0.05, 0) is 30.7 Å². The maximum absolute atomic E-state index is 11.7. The maximum atomic E-state index is 11.7. The van der Waals surface area contributed by atoms with E-state index in [0.717, 1.165) is 0 Å². The van der Waals surface area contributed by atoms with Gasteiger partial charge in [0.05, 0.1) is 11.5 Å². The Hall–Kier alpha value is -1.11. The summed E-state index contributed by atoms with van der Waals surface area (Å²) in [6.45, 7) is 0.327. The van der Waals surface area contributed by atoms with Crippen LogP contribution in [0.2, 0.25) is 5.02 Å². The van der Waals surface area contributed by atoms with E-state index in [2.05, 4.69) is 0 Å². The first kappa shape index (κ1) is 14.9. The zero-order valence-electron chi connectivity index (χ0n) is 9.73. The molecule has 1 rings (SSSR count). The predicted molar refractivity (Wildman–Crippen MR) is 71.1 cm³/mol. The first-order valence-electron chi connectivity index (χ1n) is 5.34. The third-order valence-corrected chi connectivity index (χ3v) is 4.39. The third-order valence-electron chi connectivity index (χ3n) is 2.37. The molecule has 4 N–H and O–H groups in total. The number of primary amides is 1. The minimum absolute atomic E-state index is 0.0252. The van der Waals surface area contributed by atoms with Crippen molar-refractivity contribution in [1.29, 1.82) is 0 Å². The molecule has 0 radical (unpaired) electrons. The van der Waals surface area contributed by atoms with Crippen molar-refractivity contribution < 1.29 is 13.2 Å². The molecule has 0 aliphatic heterocycles. The Morgan fingerprint density at radius 1 is 1.33 bits per heavy atom. The van der Waals surface area contributed by atoms with E-state index in [9.17, 15) is 13.2 Å². The van der Waals surface area contributed by atoms with Gasteiger partial charge in [-0.1, -0.05) is 17.7 Å². The molecular formula is C11H15ClN2O3S. The average molecular weight is 291 g/mol. The van der Waals surface area contributed by atoms with E-state index in [1.807, 2.05) is 0 Å². The molecule has 1 aromatic rings. The average Bonchev–Trinajstić information content (AvgIpc) is 2.29. The molecule has 1 aromatic carbocycles. The van der Waals surface area contributed by atoms with Gasteiger partial charge in [-0.2, -0.15) is 0 Å². The molecule has 0 spiro atoms. The number of nitrogens with two attached hydrogens (primary N) is 2. The number of hydrogen-bond donors (Lipinski definition) is 2. The molecule has 5 nitrogen and oxygen atoms in total. The number of benzene rings is 1. The van der Waals surface area contributed by atoms with Crippen LogP contribution >= 0.6 is 11.6 Å². The van der Waals surface area contributed by atoms with Crippen LogP contribution in [0.4, 0.5) is 0 Å². The van der Waals surface area contributed by atoms with Gasteiger partial charge in [0.1, 0.15) is 0 Å². The van der Waals surface area contributed by atoms with Gasteiger partial charge in [0.2, 0.25) is 5.91 Å². The summed E-state index contributed by atoms with van der Waals surface area (Å²) >= 11 is 5.92. The SMILES string of the molecule is NCCCS(=O)(=O)Cc1ccc(C(N)=O)cc1Cl. The fourth-order valence-electron chi connectivity index (χ4n) is 1.43. The number of hydrogen-bond acceptors (Lipinski definition) is 4. The van der Waals surface area contributed by atoms with Crippen LogP contribution < -0.4 is 11.5 Å². The van der Waals surface area contributed by atoms with Gasteiger partial charge in [0.25, 0.3) is 0 Å². The minimum atomic E-state index is -3.23. The van der Waals surface area contributed by atoms with E-state index < -0.39 is 15.7 Å². The van der Waals surface area contributed by atoms with Crippen molar-refractivity contribution in [3.63, 3.8) is 0 Å². The Kier molecular flexibility index (Phi) is 5.13. The van der Waals surface area contributed by atoms with E-state index in [0.29, 0.717) is 18.5 Å². The Labute approximate surface area is 111 Å². The lowest BCUT2D eigenvalue weighted by Crippen LogP contribution is -2.14. The number of amides is 1. The van der Waals surface area contributed by atoms with Crippen LogP contribution in [0.1, 0.15) is 22.3 Å². The van der Waals surface area contributed by atoms with Crippen LogP contribution in [0.15, 0.2) is 18.2 Å². The van der Waals surface area contributed by atoms with Gasteiger partial charge in [-0.25, -0.2) is 8.42 Å². The van der Waals surface area contributed by atoms with Gasteiger partial charge in [-0.3, -0.25) is 4.79 Å². The molecule has 0 heterocycles. The molecule has 7 heteroatoms. The zero-order chi connectivity index (χ0) is 13.8. The van der Waals surface area contributed by atoms with E-state index in [1.54, 1.807) is 0 Å². The normalized spacial score (nSPS) is 11.4. The molecule has 1 amide bonds. The molecule has 0 saturated carbocycles. The maximum Gasteiger partial charge on any atom is 0.248 e. The van der Waals surface area contributed by atoms with Crippen LogP contribution in [0.25, 0.3) is 0 Å². The highest BCUT2D eigenvalue weighted by Crippen LogP contribution is 2.20. The summed E-state index contributed by atoms with van der Waals surface area (Å²) < 4.78 is 23.4. The van der Waals surface area contributed by atoms with Gasteiger partial charge >= 0.3 is 0 Å². The summed E-state index contributed by atoms with van der Waals surface area (Å²) in [7, 11) is -3.23. The molecule has 0 fully saturated rings. The fourth-order valence-corrected chi connectivity index (χ4v) is 3.23. The lowest BCUT2D eigenvalue weighted by Gasteiger charge is -2.07. The van der Waals surface area contributed by atoms with E-state index in [4.69, 9.17) is 23.1 Å². The Bertz CT molecular complexity index is 543. The minimum Gasteiger partial charge on any atom is -0.366 e. The number of halogens is 1. The molecule has 0 aromatic heterocycles. The Balaban J connectivity index is 2.89. The molecule has 0 saturated heterocycles. The molecule has 0 atom stereocenters. The van der Waals surface area contributed by atoms with E-state index in [-0.39, 0.29) is 22.1 Å². The molecule has 18 heavy (non-hydrogen) atoms. The second kappa shape index (κ2) is 6.17. The highest BCUT2D eigenvalue weighted by molar-refractivity contribution is 7.90. The van der Waals surface area contributed by atoms with Gasteiger partial charge in [0, 0.05) is 10.6 Å². The summed E-state index contributed by atoms with van der Waals surface area (Å²) in [6, 6.07) is 4.34. The van der Waals surface area contributed by atoms with Crippen molar-refractivity contribution >= 4 is 27.3 Å². The number of rotatable bonds is 6. The van der Waals surface area contributed by atoms with Crippen LogP contribution in [0.5, 0.6) is 0 Å². The van der Waals surface area contributed by atoms with Gasteiger partial charge in [0.15, 0.2) is 9.84 Å². The van der Waals surface area contributed by atoms with E-state index >= 15 is 0 Å². The molecule has 100 valence electrons. The highest BCUT2D eigenvalue weighted by Gasteiger charge is 2.14. The smallest absolute Gasteiger partial charge is 0.248 e. The van der Waals surface area contributed by atoms with Gasteiger partial charge in [-0.15, -0.1) is 0 Å². The van der Waals surface area contributed by atoms with Crippen LogP contribution in [-0.2, 0) is 15.6 Å². The van der Waals surface area contributed by atoms with Crippen molar-refractivity contribution in [1.82, 2.24) is 0 Å². The molecular weight excluding hydrogens is 276 g/mol. The van der Waals surface area contributed by atoms with Crippen molar-refractivity contribution in [3.05, 3.63) is 34.3 Å². The molecule has 0 unspecified atom stereocenters. The van der Waals surface area contributed by atoms with Crippen LogP contribution in [0.3, 0.4) is 0 Å². The molecule has 0 bridgehead atoms. The van der Waals surface area contributed by atoms with Crippen LogP contribution in [-0.4, -0.2) is 26.6 Å². The number of carbonyl (C=O) groups is 1. The Morgan fingerprint density at radius 2 is 2.00 bits per heavy atom. The number of carbonyl (C=O) groups excluding carboxylic acids is 1. The summed E-state index contributed by atoms with van der Waals surface area (Å²) in [4.78, 5) is 10.9. The third kappa shape index (κ3) is 4.29. The van der Waals surface area contributed by atoms with Crippen molar-refractivity contribution in [2.45, 2.75) is 12.2 Å². The highest BCUT2D eigenvalue weighted by atomic mass is 35.5. The largest absolute Gasteiger partial charge is 0.366 e. The second-order valence-electron chi connectivity index (χ2n) is 3.90. The van der Waals surface area contributed by atoms with Crippen LogP contribution in [0, 0.1) is 0 Å². The predicted octanol–water partition coefficient (Wildman–Crippen LogP) is 0.703. The molecule has 0 aliphatic rings. The lowest BCUT2D eigenvalue weighted by atomic mass is 10.1. The first-order chi connectivity index (χ1) is 8.35. The monoisotopic (exact) mass is 290 g/mol. The van der Waals surface area contributed by atoms with Gasteiger partial charge < -0.3 is 11.5 Å². The number of sulfone groups is 1.